The van der Waals surface area contributed by atoms with E-state index in [9.17, 15) is 0 Å². The first kappa shape index (κ1) is 26.3. The van der Waals surface area contributed by atoms with Gasteiger partial charge in [0.15, 0.2) is 0 Å². The van der Waals surface area contributed by atoms with Crippen LogP contribution in [-0.4, -0.2) is 0 Å². The summed E-state index contributed by atoms with van der Waals surface area (Å²) in [5, 5.41) is 9.68. The minimum atomic E-state index is 0.881. The molecule has 0 fully saturated rings. The van der Waals surface area contributed by atoms with Crippen LogP contribution in [-0.2, 0) is 0 Å². The number of benzene rings is 8. The zero-order valence-corrected chi connectivity index (χ0v) is 26.2. The van der Waals surface area contributed by atoms with Crippen molar-refractivity contribution >= 4 is 92.1 Å². The van der Waals surface area contributed by atoms with Crippen LogP contribution >= 0.6 is 11.3 Å². The van der Waals surface area contributed by atoms with Crippen LogP contribution in [0, 0.1) is 0 Å². The van der Waals surface area contributed by atoms with Crippen molar-refractivity contribution < 1.29 is 4.42 Å². The van der Waals surface area contributed by atoms with Crippen molar-refractivity contribution in [2.75, 3.05) is 4.90 Å². The van der Waals surface area contributed by atoms with Crippen molar-refractivity contribution in [3.63, 3.8) is 0 Å². The Kier molecular flexibility index (Phi) is 5.78. The molecule has 47 heavy (non-hydrogen) atoms. The SMILES string of the molecule is c1ccc(-c2ccc(N(c3cccc4c3ccc3ccccc34)c3cccc4oc5ccccc5c34)c3c2sc2ccccc23)cc1. The molecule has 8 aromatic carbocycles. The largest absolute Gasteiger partial charge is 0.456 e. The molecule has 2 nitrogen and oxygen atoms in total. The van der Waals surface area contributed by atoms with Gasteiger partial charge in [-0.2, -0.15) is 0 Å². The van der Waals surface area contributed by atoms with Gasteiger partial charge in [0.05, 0.1) is 22.4 Å². The van der Waals surface area contributed by atoms with Gasteiger partial charge in [0.25, 0.3) is 0 Å². The first-order valence-electron chi connectivity index (χ1n) is 15.9. The number of anilines is 3. The van der Waals surface area contributed by atoms with Gasteiger partial charge in [-0.1, -0.05) is 127 Å². The summed E-state index contributed by atoms with van der Waals surface area (Å²) < 4.78 is 9.02. The third-order valence-electron chi connectivity index (χ3n) is 9.46. The van der Waals surface area contributed by atoms with E-state index in [-0.39, 0.29) is 0 Å². The van der Waals surface area contributed by atoms with Crippen molar-refractivity contribution in [3.8, 4) is 11.1 Å². The standard InChI is InChI=1S/C44H27NOS/c1-2-12-28(13-3-1)31-26-27-38(43-35-17-7-9-23-41(35)47-44(31)43)45(37-20-11-22-40-42(37)34-16-6-8-21-39(34)46-40)36-19-10-18-32-30-15-5-4-14-29(30)24-25-33(32)36/h1-27H. The molecule has 0 amide bonds. The van der Waals surface area contributed by atoms with Crippen LogP contribution in [0.5, 0.6) is 0 Å². The van der Waals surface area contributed by atoms with Crippen LogP contribution in [0.25, 0.3) is 74.8 Å². The molecule has 0 unspecified atom stereocenters. The predicted molar refractivity (Wildman–Crippen MR) is 202 cm³/mol. The van der Waals surface area contributed by atoms with Crippen molar-refractivity contribution in [2.24, 2.45) is 0 Å². The van der Waals surface area contributed by atoms with Gasteiger partial charge < -0.3 is 9.32 Å². The molecule has 0 saturated carbocycles. The Morgan fingerprint density at radius 1 is 0.404 bits per heavy atom. The number of fused-ring (bicyclic) bond motifs is 9. The smallest absolute Gasteiger partial charge is 0.137 e. The molecule has 0 atom stereocenters. The normalized spacial score (nSPS) is 11.8. The molecule has 0 aliphatic heterocycles. The number of hydrogen-bond acceptors (Lipinski definition) is 3. The van der Waals surface area contributed by atoms with Gasteiger partial charge in [-0.05, 0) is 63.7 Å². The molecular formula is C44H27NOS. The molecule has 0 aliphatic carbocycles. The van der Waals surface area contributed by atoms with E-state index in [0.29, 0.717) is 0 Å². The second-order valence-corrected chi connectivity index (χ2v) is 13.1. The van der Waals surface area contributed by atoms with Gasteiger partial charge in [-0.25, -0.2) is 0 Å². The topological polar surface area (TPSA) is 16.4 Å². The van der Waals surface area contributed by atoms with Crippen molar-refractivity contribution in [3.05, 3.63) is 164 Å². The van der Waals surface area contributed by atoms with Crippen molar-refractivity contribution in [1.82, 2.24) is 0 Å². The number of rotatable bonds is 4. The Morgan fingerprint density at radius 3 is 2.00 bits per heavy atom. The second kappa shape index (κ2) is 10.3. The summed E-state index contributed by atoms with van der Waals surface area (Å²) in [6.07, 6.45) is 0. The van der Waals surface area contributed by atoms with Gasteiger partial charge in [-0.3, -0.25) is 0 Å². The van der Waals surface area contributed by atoms with Gasteiger partial charge >= 0.3 is 0 Å². The minimum Gasteiger partial charge on any atom is -0.456 e. The highest BCUT2D eigenvalue weighted by molar-refractivity contribution is 7.26. The first-order valence-corrected chi connectivity index (χ1v) is 16.8. The van der Waals surface area contributed by atoms with Crippen LogP contribution in [0.2, 0.25) is 0 Å². The molecule has 0 bridgehead atoms. The van der Waals surface area contributed by atoms with Crippen molar-refractivity contribution in [2.45, 2.75) is 0 Å². The Hall–Kier alpha value is -5.90. The lowest BCUT2D eigenvalue weighted by atomic mass is 9.97. The Labute approximate surface area is 275 Å². The van der Waals surface area contributed by atoms with Crippen LogP contribution < -0.4 is 4.90 Å². The number of thiophene rings is 1. The molecule has 10 aromatic rings. The molecule has 0 aliphatic rings. The molecular weight excluding hydrogens is 591 g/mol. The van der Waals surface area contributed by atoms with E-state index in [1.54, 1.807) is 0 Å². The Morgan fingerprint density at radius 2 is 1.09 bits per heavy atom. The molecule has 2 aromatic heterocycles. The van der Waals surface area contributed by atoms with E-state index in [1.807, 2.05) is 17.4 Å². The van der Waals surface area contributed by atoms with Crippen molar-refractivity contribution in [1.29, 1.82) is 0 Å². The lowest BCUT2D eigenvalue weighted by Gasteiger charge is -2.29. The van der Waals surface area contributed by atoms with Crippen LogP contribution in [0.4, 0.5) is 17.1 Å². The Balaban J connectivity index is 1.37. The molecule has 3 heteroatoms. The maximum Gasteiger partial charge on any atom is 0.137 e. The van der Waals surface area contributed by atoms with Crippen LogP contribution in [0.1, 0.15) is 0 Å². The van der Waals surface area contributed by atoms with E-state index < -0.39 is 0 Å². The van der Waals surface area contributed by atoms with E-state index in [0.717, 1.165) is 39.0 Å². The van der Waals surface area contributed by atoms with E-state index in [2.05, 4.69) is 163 Å². The zero-order valence-electron chi connectivity index (χ0n) is 25.4. The van der Waals surface area contributed by atoms with Gasteiger partial charge in [0.1, 0.15) is 11.2 Å². The predicted octanol–water partition coefficient (Wildman–Crippen LogP) is 13.4. The minimum absolute atomic E-state index is 0.881. The quantitative estimate of drug-likeness (QED) is 0.183. The number of nitrogens with zero attached hydrogens (tertiary/aromatic N) is 1. The number of para-hydroxylation sites is 1. The third-order valence-corrected chi connectivity index (χ3v) is 10.7. The lowest BCUT2D eigenvalue weighted by Crippen LogP contribution is -2.11. The van der Waals surface area contributed by atoms with Gasteiger partial charge in [0, 0.05) is 30.9 Å². The lowest BCUT2D eigenvalue weighted by molar-refractivity contribution is 0.669. The summed E-state index contributed by atoms with van der Waals surface area (Å²) in [6.45, 7) is 0. The maximum atomic E-state index is 6.46. The summed E-state index contributed by atoms with van der Waals surface area (Å²) >= 11 is 1.87. The highest BCUT2D eigenvalue weighted by Crippen LogP contribution is 2.51. The molecule has 0 spiro atoms. The van der Waals surface area contributed by atoms with Gasteiger partial charge in [-0.15, -0.1) is 11.3 Å². The number of furan rings is 1. The summed E-state index contributed by atoms with van der Waals surface area (Å²) in [5.74, 6) is 0. The molecule has 0 radical (unpaired) electrons. The first-order chi connectivity index (χ1) is 23.3. The zero-order chi connectivity index (χ0) is 30.9. The molecule has 0 saturated heterocycles. The summed E-state index contributed by atoms with van der Waals surface area (Å²) in [7, 11) is 0. The van der Waals surface area contributed by atoms with Crippen LogP contribution in [0.3, 0.4) is 0 Å². The van der Waals surface area contributed by atoms with E-state index in [4.69, 9.17) is 4.42 Å². The summed E-state index contributed by atoms with van der Waals surface area (Å²) in [4.78, 5) is 2.48. The highest BCUT2D eigenvalue weighted by Gasteiger charge is 2.25. The summed E-state index contributed by atoms with van der Waals surface area (Å²) in [6, 6.07) is 59.0. The average Bonchev–Trinajstić information content (AvgIpc) is 3.72. The maximum absolute atomic E-state index is 6.46. The fourth-order valence-electron chi connectivity index (χ4n) is 7.39. The Bertz CT molecular complexity index is 2810. The molecule has 10 rings (SSSR count). The summed E-state index contributed by atoms with van der Waals surface area (Å²) in [5.41, 5.74) is 7.63. The monoisotopic (exact) mass is 617 g/mol. The molecule has 220 valence electrons. The van der Waals surface area contributed by atoms with Crippen LogP contribution in [0.15, 0.2) is 168 Å². The average molecular weight is 618 g/mol. The highest BCUT2D eigenvalue weighted by atomic mass is 32.1. The third kappa shape index (κ3) is 3.97. The molecule has 2 heterocycles. The van der Waals surface area contributed by atoms with E-state index >= 15 is 0 Å². The van der Waals surface area contributed by atoms with Gasteiger partial charge in [0.2, 0.25) is 0 Å². The molecule has 0 N–H and O–H groups in total. The number of hydrogen-bond donors (Lipinski definition) is 0. The van der Waals surface area contributed by atoms with E-state index in [1.165, 1.54) is 52.8 Å². The second-order valence-electron chi connectivity index (χ2n) is 12.0. The fraction of sp³-hybridized carbons (Fsp3) is 0. The fourth-order valence-corrected chi connectivity index (χ4v) is 8.65.